The van der Waals surface area contributed by atoms with E-state index in [1.807, 2.05) is 121 Å². The summed E-state index contributed by atoms with van der Waals surface area (Å²) in [7, 11) is 6.61. The first-order valence-corrected chi connectivity index (χ1v) is 26.8. The summed E-state index contributed by atoms with van der Waals surface area (Å²) in [6, 6.07) is 40.1. The van der Waals surface area contributed by atoms with Crippen molar-refractivity contribution in [3.8, 4) is 67.5 Å². The number of methoxy groups -OCH3 is 4. The summed E-state index contributed by atoms with van der Waals surface area (Å²) in [6.07, 6.45) is 8.15. The second kappa shape index (κ2) is 33.3. The van der Waals surface area contributed by atoms with Crippen molar-refractivity contribution >= 4 is 46.4 Å². The molecule has 18 heteroatoms. The molecule has 0 N–H and O–H groups in total. The van der Waals surface area contributed by atoms with E-state index in [0.29, 0.717) is 174 Å². The van der Waals surface area contributed by atoms with Crippen LogP contribution in [0.2, 0.25) is 0 Å². The molecule has 5 heterocycles. The van der Waals surface area contributed by atoms with Crippen molar-refractivity contribution < 1.29 is 86.3 Å². The van der Waals surface area contributed by atoms with Crippen molar-refractivity contribution in [3.63, 3.8) is 0 Å². The molecule has 8 bridgehead atoms. The second-order valence-electron chi connectivity index (χ2n) is 18.3. The van der Waals surface area contributed by atoms with Gasteiger partial charge in [-0.2, -0.15) is 0 Å². The maximum Gasteiger partial charge on any atom is 3.00 e. The third kappa shape index (κ3) is 17.1. The minimum absolute atomic E-state index is 0. The Labute approximate surface area is 495 Å². The number of aromatic nitrogens is 4. The van der Waals surface area contributed by atoms with Gasteiger partial charge in [0.15, 0.2) is 0 Å². The van der Waals surface area contributed by atoms with Crippen LogP contribution in [0, 0.1) is 0 Å². The number of benzene rings is 4. The summed E-state index contributed by atoms with van der Waals surface area (Å²) in [5, 5.41) is 0. The van der Waals surface area contributed by atoms with E-state index < -0.39 is 0 Å². The van der Waals surface area contributed by atoms with Gasteiger partial charge in [0.25, 0.3) is 0 Å². The van der Waals surface area contributed by atoms with E-state index in [1.165, 1.54) is 0 Å². The Balaban J connectivity index is 0.00000484. The smallest absolute Gasteiger partial charge is 1.00 e. The van der Waals surface area contributed by atoms with Crippen molar-refractivity contribution in [3.05, 3.63) is 144 Å². The normalized spacial score (nSPS) is 11.6. The molecule has 3 aromatic heterocycles. The summed E-state index contributed by atoms with van der Waals surface area (Å²) < 4.78 is 68.5. The van der Waals surface area contributed by atoms with Gasteiger partial charge in [-0.15, -0.1) is 22.1 Å². The molecule has 0 amide bonds. The first-order valence-electron chi connectivity index (χ1n) is 26.8. The summed E-state index contributed by atoms with van der Waals surface area (Å²) in [5.41, 5.74) is 12.3. The zero-order valence-corrected chi connectivity index (χ0v) is 48.6. The maximum atomic E-state index is 6.26. The Kier molecular flexibility index (Phi) is 25.5. The van der Waals surface area contributed by atoms with Gasteiger partial charge in [-0.25, -0.2) is 9.97 Å². The fourth-order valence-corrected chi connectivity index (χ4v) is 9.09. The number of hydrogen-bond acceptors (Lipinski definition) is 14. The molecule has 7 aromatic rings. The van der Waals surface area contributed by atoms with Gasteiger partial charge < -0.3 is 79.2 Å². The van der Waals surface area contributed by atoms with Crippen LogP contribution in [0.3, 0.4) is 0 Å². The van der Waals surface area contributed by atoms with E-state index in [0.717, 1.165) is 44.5 Å². The van der Waals surface area contributed by atoms with Gasteiger partial charge in [0.05, 0.1) is 102 Å². The van der Waals surface area contributed by atoms with E-state index in [-0.39, 0.29) is 29.5 Å². The van der Waals surface area contributed by atoms with Crippen LogP contribution >= 0.6 is 0 Å². The molecule has 16 nitrogen and oxygen atoms in total. The molecule has 9 rings (SSSR count). The molecule has 0 unspecified atom stereocenters. The topological polar surface area (TPSA) is 165 Å². The number of fused-ring (bicyclic) bond motifs is 8. The number of halogens is 1. The van der Waals surface area contributed by atoms with Gasteiger partial charge in [-0.05, 0) is 117 Å². The fraction of sp³-hybridized carbons (Fsp3) is 0.312. The Morgan fingerprint density at radius 3 is 0.768 bits per heavy atom. The summed E-state index contributed by atoms with van der Waals surface area (Å²) in [5.74, 6) is 2.71. The predicted molar refractivity (Wildman–Crippen MR) is 311 cm³/mol. The molecule has 0 fully saturated rings. The van der Waals surface area contributed by atoms with Crippen LogP contribution in [0.25, 0.3) is 90.9 Å². The fourth-order valence-electron chi connectivity index (χ4n) is 9.09. The average molecular weight is 1180 g/mol. The molecular weight excluding hydrogens is 1110 g/mol. The first kappa shape index (κ1) is 62.8. The Morgan fingerprint density at radius 1 is 0.305 bits per heavy atom. The van der Waals surface area contributed by atoms with Crippen LogP contribution < -0.4 is 41.3 Å². The van der Waals surface area contributed by atoms with Gasteiger partial charge in [-0.1, -0.05) is 72.8 Å². The largest absolute Gasteiger partial charge is 3.00 e. The molecule has 0 spiro atoms. The quantitative estimate of drug-likeness (QED) is 0.0297. The van der Waals surface area contributed by atoms with Gasteiger partial charge in [0, 0.05) is 28.4 Å². The van der Waals surface area contributed by atoms with E-state index in [2.05, 4.69) is 24.3 Å². The SMILES string of the molecule is COCCOCCOc1cccc(-c2c3nc(c(-c4cccc(OCCOCCOC)c4)c4ccc([n-]4)c(-c4cccc(OCCOCCOC)c4)c4nc(c(-c5cccc(OCCOCCOC)c5)c5ccc2[n-]5)C=C4)C=C3)c1.[Cl-].[Mn+3]. The molecule has 2 aliphatic rings. The van der Waals surface area contributed by atoms with Gasteiger partial charge >= 0.3 is 17.1 Å². The monoisotopic (exact) mass is 1170 g/mol. The predicted octanol–water partition coefficient (Wildman–Crippen LogP) is 7.75. The summed E-state index contributed by atoms with van der Waals surface area (Å²) >= 11 is 0. The third-order valence-electron chi connectivity index (χ3n) is 12.8. The maximum absolute atomic E-state index is 6.26. The molecule has 0 saturated heterocycles. The minimum Gasteiger partial charge on any atom is -1.00 e. The van der Waals surface area contributed by atoms with Crippen LogP contribution in [0.4, 0.5) is 0 Å². The second-order valence-corrected chi connectivity index (χ2v) is 18.3. The van der Waals surface area contributed by atoms with Gasteiger partial charge in [0.1, 0.15) is 49.4 Å². The van der Waals surface area contributed by atoms with Crippen molar-refractivity contribution in [2.24, 2.45) is 0 Å². The van der Waals surface area contributed by atoms with E-state index in [9.17, 15) is 0 Å². The molecule has 0 aliphatic carbocycles. The van der Waals surface area contributed by atoms with E-state index in [4.69, 9.17) is 76.8 Å². The molecule has 82 heavy (non-hydrogen) atoms. The number of ether oxygens (including phenoxy) is 12. The van der Waals surface area contributed by atoms with Crippen molar-refractivity contribution in [2.75, 3.05) is 134 Å². The minimum atomic E-state index is 0. The van der Waals surface area contributed by atoms with Gasteiger partial charge in [-0.3, -0.25) is 0 Å². The van der Waals surface area contributed by atoms with Crippen LogP contribution in [-0.2, 0) is 55.0 Å². The standard InChI is InChI=1S/C64H68N4O12.ClH.Mn/c1-69-25-29-73-33-37-77-49-13-5-9-45(41-49)61-53-17-19-55(65-53)62(46-10-6-14-50(42-46)78-38-34-74-30-26-70-2)57-21-23-59(67-57)64(48-12-8-16-52(44-48)80-40-36-76-32-28-72-4)60-24-22-58(68-60)63(56-20-18-54(61)66-56)47-11-7-15-51(43-47)79-39-35-75-31-27-71-3;;/h5-24,41-44H,25-40H2,1-4H3;1H;/q-2;;+3/p-1. The molecule has 0 radical (unpaired) electrons. The molecule has 2 aliphatic heterocycles. The van der Waals surface area contributed by atoms with Crippen molar-refractivity contribution in [1.82, 2.24) is 19.9 Å². The summed E-state index contributed by atoms with van der Waals surface area (Å²) in [4.78, 5) is 22.0. The number of hydrogen-bond donors (Lipinski definition) is 0. The van der Waals surface area contributed by atoms with Crippen molar-refractivity contribution in [1.29, 1.82) is 0 Å². The van der Waals surface area contributed by atoms with Crippen LogP contribution in [-0.4, -0.2) is 144 Å². The number of nitrogens with zero attached hydrogens (tertiary/aromatic N) is 4. The molecule has 0 atom stereocenters. The van der Waals surface area contributed by atoms with Crippen LogP contribution in [0.5, 0.6) is 23.0 Å². The Morgan fingerprint density at radius 2 is 0.537 bits per heavy atom. The van der Waals surface area contributed by atoms with Gasteiger partial charge in [0.2, 0.25) is 0 Å². The Hall–Kier alpha value is -6.83. The van der Waals surface area contributed by atoms with Crippen molar-refractivity contribution in [2.45, 2.75) is 0 Å². The van der Waals surface area contributed by atoms with E-state index >= 15 is 0 Å². The zero-order valence-electron chi connectivity index (χ0n) is 46.6. The Bertz CT molecular complexity index is 2940. The molecule has 0 saturated carbocycles. The van der Waals surface area contributed by atoms with E-state index in [1.54, 1.807) is 28.4 Å². The molecular formula is C64H68ClMnN4O12. The first-order chi connectivity index (χ1) is 39.5. The third-order valence-corrected chi connectivity index (χ3v) is 12.8. The van der Waals surface area contributed by atoms with Crippen LogP contribution in [0.15, 0.2) is 121 Å². The van der Waals surface area contributed by atoms with Crippen LogP contribution in [0.1, 0.15) is 22.8 Å². The zero-order chi connectivity index (χ0) is 55.1. The average Bonchev–Trinajstić information content (AvgIpc) is 4.38. The molecule has 4 aromatic carbocycles. The number of rotatable bonds is 32. The summed E-state index contributed by atoms with van der Waals surface area (Å²) in [6.45, 7) is 7.02. The molecule has 430 valence electrons.